The molecule has 2 N–H and O–H groups in total. The van der Waals surface area contributed by atoms with E-state index in [2.05, 4.69) is 20.0 Å². The van der Waals surface area contributed by atoms with E-state index in [4.69, 9.17) is 11.6 Å². The molecule has 0 unspecified atom stereocenters. The Hall–Kier alpha value is -1.99. The van der Waals surface area contributed by atoms with Gasteiger partial charge in [-0.25, -0.2) is 4.98 Å². The molecule has 26 heavy (non-hydrogen) atoms. The van der Waals surface area contributed by atoms with Crippen molar-refractivity contribution < 1.29 is 9.59 Å². The molecule has 0 bridgehead atoms. The third-order valence-corrected chi connectivity index (χ3v) is 5.22. The van der Waals surface area contributed by atoms with Gasteiger partial charge in [0.25, 0.3) is 0 Å². The van der Waals surface area contributed by atoms with Crippen molar-refractivity contribution in [3.05, 3.63) is 40.7 Å². The molecule has 6 nitrogen and oxygen atoms in total. The number of benzene rings is 1. The van der Waals surface area contributed by atoms with Crippen LogP contribution in [-0.4, -0.2) is 27.2 Å². The summed E-state index contributed by atoms with van der Waals surface area (Å²) in [7, 11) is 0. The zero-order valence-electron chi connectivity index (χ0n) is 14.9. The molecule has 3 rings (SSSR count). The first-order valence-corrected chi connectivity index (χ1v) is 9.59. The van der Waals surface area contributed by atoms with Crippen molar-refractivity contribution in [2.45, 2.75) is 51.0 Å². The van der Waals surface area contributed by atoms with Crippen LogP contribution in [0.25, 0.3) is 0 Å². The van der Waals surface area contributed by atoms with E-state index in [1.807, 2.05) is 45.0 Å². The standard InChI is InChI=1S/C18H21ClN4O2S/c1-18(2,3)16-22-17(26-23-16)21-15(25)14(24)20-13-8-11(9-13)10-4-6-12(19)7-5-10/h4-7,11,13H,8-9H2,1-3H3,(H,20,24)(H,21,22,23,25). The van der Waals surface area contributed by atoms with Crippen molar-refractivity contribution in [3.63, 3.8) is 0 Å². The zero-order chi connectivity index (χ0) is 18.9. The van der Waals surface area contributed by atoms with E-state index in [0.29, 0.717) is 21.9 Å². The van der Waals surface area contributed by atoms with Gasteiger partial charge in [-0.3, -0.25) is 14.9 Å². The molecule has 0 radical (unpaired) electrons. The van der Waals surface area contributed by atoms with Crippen LogP contribution >= 0.6 is 23.1 Å². The highest BCUT2D eigenvalue weighted by atomic mass is 35.5. The Morgan fingerprint density at radius 2 is 1.81 bits per heavy atom. The first-order valence-electron chi connectivity index (χ1n) is 8.44. The predicted octanol–water partition coefficient (Wildman–Crippen LogP) is 3.49. The number of amides is 2. The van der Waals surface area contributed by atoms with E-state index < -0.39 is 11.8 Å². The number of nitrogens with one attached hydrogen (secondary N) is 2. The summed E-state index contributed by atoms with van der Waals surface area (Å²) < 4.78 is 4.21. The summed E-state index contributed by atoms with van der Waals surface area (Å²) in [5.41, 5.74) is 0.998. The van der Waals surface area contributed by atoms with Crippen LogP contribution in [0.3, 0.4) is 0 Å². The Kier molecular flexibility index (Phi) is 5.29. The smallest absolute Gasteiger partial charge is 0.315 e. The van der Waals surface area contributed by atoms with Crippen molar-refractivity contribution in [3.8, 4) is 0 Å². The number of hydrogen-bond acceptors (Lipinski definition) is 5. The van der Waals surface area contributed by atoms with Gasteiger partial charge < -0.3 is 5.32 Å². The minimum Gasteiger partial charge on any atom is -0.345 e. The molecule has 138 valence electrons. The molecule has 1 saturated carbocycles. The Morgan fingerprint density at radius 1 is 1.15 bits per heavy atom. The Morgan fingerprint density at radius 3 is 2.38 bits per heavy atom. The summed E-state index contributed by atoms with van der Waals surface area (Å²) in [6.07, 6.45) is 1.63. The van der Waals surface area contributed by atoms with Crippen molar-refractivity contribution in [2.24, 2.45) is 0 Å². The van der Waals surface area contributed by atoms with Gasteiger partial charge in [-0.05, 0) is 36.5 Å². The molecular formula is C18H21ClN4O2S. The van der Waals surface area contributed by atoms with Gasteiger partial charge in [-0.2, -0.15) is 4.37 Å². The average Bonchev–Trinajstić information content (AvgIpc) is 3.00. The topological polar surface area (TPSA) is 84.0 Å². The van der Waals surface area contributed by atoms with Crippen molar-refractivity contribution in [2.75, 3.05) is 5.32 Å². The molecule has 2 amide bonds. The van der Waals surface area contributed by atoms with E-state index in [9.17, 15) is 9.59 Å². The van der Waals surface area contributed by atoms with E-state index >= 15 is 0 Å². The lowest BCUT2D eigenvalue weighted by Gasteiger charge is -2.36. The number of anilines is 1. The number of aromatic nitrogens is 2. The van der Waals surface area contributed by atoms with Gasteiger partial charge in [0, 0.05) is 28.0 Å². The maximum absolute atomic E-state index is 12.1. The fourth-order valence-corrected chi connectivity index (χ4v) is 3.61. The van der Waals surface area contributed by atoms with Crippen LogP contribution in [0.1, 0.15) is 50.9 Å². The first kappa shape index (κ1) is 18.8. The molecule has 0 aliphatic heterocycles. The van der Waals surface area contributed by atoms with Gasteiger partial charge in [0.15, 0.2) is 0 Å². The molecule has 1 aliphatic rings. The molecule has 0 saturated heterocycles. The molecule has 1 aromatic carbocycles. The van der Waals surface area contributed by atoms with Crippen molar-refractivity contribution >= 4 is 40.1 Å². The Balaban J connectivity index is 1.47. The maximum Gasteiger partial charge on any atom is 0.315 e. The lowest BCUT2D eigenvalue weighted by molar-refractivity contribution is -0.137. The van der Waals surface area contributed by atoms with Gasteiger partial charge in [-0.1, -0.05) is 44.5 Å². The van der Waals surface area contributed by atoms with Crippen LogP contribution in [0.15, 0.2) is 24.3 Å². The fraction of sp³-hybridized carbons (Fsp3) is 0.444. The van der Waals surface area contributed by atoms with Gasteiger partial charge in [-0.15, -0.1) is 0 Å². The molecule has 0 spiro atoms. The van der Waals surface area contributed by atoms with Crippen molar-refractivity contribution in [1.82, 2.24) is 14.7 Å². The van der Waals surface area contributed by atoms with Crippen LogP contribution in [-0.2, 0) is 15.0 Å². The lowest BCUT2D eigenvalue weighted by atomic mass is 9.76. The van der Waals surface area contributed by atoms with Crippen LogP contribution in [0.5, 0.6) is 0 Å². The van der Waals surface area contributed by atoms with Crippen LogP contribution in [0.2, 0.25) is 5.02 Å². The SMILES string of the molecule is CC(C)(C)c1nsc(NC(=O)C(=O)NC2CC(c3ccc(Cl)cc3)C2)n1. The molecule has 8 heteroatoms. The van der Waals surface area contributed by atoms with E-state index in [0.717, 1.165) is 24.4 Å². The number of hydrogen-bond donors (Lipinski definition) is 2. The van der Waals surface area contributed by atoms with Crippen LogP contribution in [0, 0.1) is 0 Å². The molecule has 1 aromatic heterocycles. The number of nitrogens with zero attached hydrogens (tertiary/aromatic N) is 2. The number of carbonyl (C=O) groups is 2. The molecule has 2 aromatic rings. The third kappa shape index (κ3) is 4.40. The largest absolute Gasteiger partial charge is 0.345 e. The number of carbonyl (C=O) groups excluding carboxylic acids is 2. The van der Waals surface area contributed by atoms with Gasteiger partial charge in [0.1, 0.15) is 5.82 Å². The second kappa shape index (κ2) is 7.32. The minimum absolute atomic E-state index is 0.00786. The van der Waals surface area contributed by atoms with E-state index in [1.165, 1.54) is 5.56 Å². The number of rotatable bonds is 3. The highest BCUT2D eigenvalue weighted by molar-refractivity contribution is 7.10. The average molecular weight is 393 g/mol. The summed E-state index contributed by atoms with van der Waals surface area (Å²) in [6, 6.07) is 7.74. The molecule has 1 heterocycles. The van der Waals surface area contributed by atoms with Gasteiger partial charge >= 0.3 is 11.8 Å². The van der Waals surface area contributed by atoms with Gasteiger partial charge in [0.05, 0.1) is 0 Å². The monoisotopic (exact) mass is 392 g/mol. The minimum atomic E-state index is -0.712. The molecular weight excluding hydrogens is 372 g/mol. The molecule has 0 atom stereocenters. The summed E-state index contributed by atoms with van der Waals surface area (Å²) >= 11 is 6.97. The Bertz CT molecular complexity index is 807. The maximum atomic E-state index is 12.1. The first-order chi connectivity index (χ1) is 12.2. The highest BCUT2D eigenvalue weighted by Crippen LogP contribution is 2.37. The zero-order valence-corrected chi connectivity index (χ0v) is 16.4. The summed E-state index contributed by atoms with van der Waals surface area (Å²) in [5.74, 6) is -0.324. The quantitative estimate of drug-likeness (QED) is 0.783. The van der Waals surface area contributed by atoms with Crippen molar-refractivity contribution in [1.29, 1.82) is 0 Å². The molecule has 1 fully saturated rings. The lowest BCUT2D eigenvalue weighted by Crippen LogP contribution is -2.47. The van der Waals surface area contributed by atoms with Crippen LogP contribution < -0.4 is 10.6 Å². The second-order valence-electron chi connectivity index (χ2n) is 7.52. The Labute approximate surface area is 161 Å². The number of halogens is 1. The predicted molar refractivity (Wildman–Crippen MR) is 103 cm³/mol. The summed E-state index contributed by atoms with van der Waals surface area (Å²) in [5, 5.41) is 6.33. The molecule has 1 aliphatic carbocycles. The summed E-state index contributed by atoms with van der Waals surface area (Å²) in [6.45, 7) is 5.96. The van der Waals surface area contributed by atoms with Gasteiger partial charge in [0.2, 0.25) is 5.13 Å². The fourth-order valence-electron chi connectivity index (χ4n) is 2.73. The highest BCUT2D eigenvalue weighted by Gasteiger charge is 2.33. The second-order valence-corrected chi connectivity index (χ2v) is 8.71. The summed E-state index contributed by atoms with van der Waals surface area (Å²) in [4.78, 5) is 28.4. The van der Waals surface area contributed by atoms with Crippen LogP contribution in [0.4, 0.5) is 5.13 Å². The van der Waals surface area contributed by atoms with E-state index in [-0.39, 0.29) is 11.5 Å². The third-order valence-electron chi connectivity index (χ3n) is 4.34. The normalized spacial score (nSPS) is 19.5. The van der Waals surface area contributed by atoms with E-state index in [1.54, 1.807) is 0 Å².